The van der Waals surface area contributed by atoms with Crippen LogP contribution in [-0.4, -0.2) is 19.0 Å². The number of hydrogen-bond acceptors (Lipinski definition) is 1. The second-order valence-electron chi connectivity index (χ2n) is 4.78. The maximum absolute atomic E-state index is 2.36. The molecule has 0 bridgehead atoms. The minimum Gasteiger partial charge on any atom is -0.302 e. The first-order valence-corrected chi connectivity index (χ1v) is 6.42. The standard InChI is InChI=1S/C15H25N/c1-5-10-13(6-2)15(16(3)4)14-11-8-7-9-12-14/h7-9,11-13,15H,5-6,10H2,1-4H3. The van der Waals surface area contributed by atoms with Gasteiger partial charge in [0.1, 0.15) is 0 Å². The Morgan fingerprint density at radius 1 is 1.06 bits per heavy atom. The van der Waals surface area contributed by atoms with Crippen molar-refractivity contribution in [3.05, 3.63) is 35.9 Å². The zero-order valence-corrected chi connectivity index (χ0v) is 11.1. The molecule has 1 aromatic carbocycles. The molecule has 0 radical (unpaired) electrons. The van der Waals surface area contributed by atoms with Gasteiger partial charge in [-0.3, -0.25) is 0 Å². The quantitative estimate of drug-likeness (QED) is 0.696. The summed E-state index contributed by atoms with van der Waals surface area (Å²) in [6.07, 6.45) is 3.84. The Labute approximate surface area is 100 Å². The van der Waals surface area contributed by atoms with E-state index in [0.29, 0.717) is 6.04 Å². The van der Waals surface area contributed by atoms with Gasteiger partial charge in [0, 0.05) is 6.04 Å². The maximum atomic E-state index is 2.36. The molecule has 0 fully saturated rings. The Morgan fingerprint density at radius 2 is 1.69 bits per heavy atom. The molecule has 0 amide bonds. The monoisotopic (exact) mass is 219 g/mol. The van der Waals surface area contributed by atoms with Crippen molar-refractivity contribution in [1.82, 2.24) is 4.90 Å². The molecule has 1 rings (SSSR count). The topological polar surface area (TPSA) is 3.24 Å². The molecule has 0 spiro atoms. The van der Waals surface area contributed by atoms with Gasteiger partial charge in [-0.15, -0.1) is 0 Å². The highest BCUT2D eigenvalue weighted by atomic mass is 15.1. The van der Waals surface area contributed by atoms with Crippen LogP contribution in [-0.2, 0) is 0 Å². The van der Waals surface area contributed by atoms with Crippen LogP contribution in [0.3, 0.4) is 0 Å². The summed E-state index contributed by atoms with van der Waals surface area (Å²) in [6, 6.07) is 11.4. The van der Waals surface area contributed by atoms with Crippen molar-refractivity contribution in [2.75, 3.05) is 14.1 Å². The van der Waals surface area contributed by atoms with Crippen molar-refractivity contribution in [1.29, 1.82) is 0 Å². The van der Waals surface area contributed by atoms with E-state index >= 15 is 0 Å². The normalized spacial score (nSPS) is 15.1. The van der Waals surface area contributed by atoms with Crippen LogP contribution in [0.15, 0.2) is 30.3 Å². The van der Waals surface area contributed by atoms with E-state index in [-0.39, 0.29) is 0 Å². The lowest BCUT2D eigenvalue weighted by molar-refractivity contribution is 0.196. The van der Waals surface area contributed by atoms with E-state index in [1.54, 1.807) is 0 Å². The smallest absolute Gasteiger partial charge is 0.0370 e. The highest BCUT2D eigenvalue weighted by Gasteiger charge is 2.22. The summed E-state index contributed by atoms with van der Waals surface area (Å²) in [6.45, 7) is 4.58. The summed E-state index contributed by atoms with van der Waals surface area (Å²) >= 11 is 0. The molecule has 0 N–H and O–H groups in total. The third-order valence-electron chi connectivity index (χ3n) is 3.33. The first-order valence-electron chi connectivity index (χ1n) is 6.42. The van der Waals surface area contributed by atoms with E-state index in [9.17, 15) is 0 Å². The van der Waals surface area contributed by atoms with Gasteiger partial charge in [0.05, 0.1) is 0 Å². The number of nitrogens with zero attached hydrogens (tertiary/aromatic N) is 1. The molecule has 90 valence electrons. The van der Waals surface area contributed by atoms with Gasteiger partial charge < -0.3 is 4.90 Å². The van der Waals surface area contributed by atoms with E-state index in [0.717, 1.165) is 5.92 Å². The Hall–Kier alpha value is -0.820. The van der Waals surface area contributed by atoms with Crippen LogP contribution in [0.2, 0.25) is 0 Å². The lowest BCUT2D eigenvalue weighted by Crippen LogP contribution is -2.27. The summed E-state index contributed by atoms with van der Waals surface area (Å²) in [5.74, 6) is 0.766. The van der Waals surface area contributed by atoms with Gasteiger partial charge in [0.15, 0.2) is 0 Å². The third kappa shape index (κ3) is 3.34. The molecule has 0 aliphatic carbocycles. The lowest BCUT2D eigenvalue weighted by atomic mass is 9.87. The molecule has 1 heteroatoms. The van der Waals surface area contributed by atoms with Crippen molar-refractivity contribution in [3.63, 3.8) is 0 Å². The SMILES string of the molecule is CCCC(CC)C(c1ccccc1)N(C)C. The van der Waals surface area contributed by atoms with Crippen molar-refractivity contribution < 1.29 is 0 Å². The molecule has 2 unspecified atom stereocenters. The van der Waals surface area contributed by atoms with Crippen molar-refractivity contribution >= 4 is 0 Å². The van der Waals surface area contributed by atoms with Crippen molar-refractivity contribution in [2.45, 2.75) is 39.2 Å². The fourth-order valence-corrected chi connectivity index (χ4v) is 2.60. The lowest BCUT2D eigenvalue weighted by Gasteiger charge is -2.32. The molecule has 1 aromatic rings. The average molecular weight is 219 g/mol. The molecule has 0 aromatic heterocycles. The molecular weight excluding hydrogens is 194 g/mol. The summed E-state index contributed by atoms with van der Waals surface area (Å²) in [5, 5.41) is 0. The predicted octanol–water partition coefficient (Wildman–Crippen LogP) is 4.12. The molecule has 0 heterocycles. The molecule has 2 atom stereocenters. The molecule has 0 saturated carbocycles. The Morgan fingerprint density at radius 3 is 2.12 bits per heavy atom. The number of hydrogen-bond donors (Lipinski definition) is 0. The predicted molar refractivity (Wildman–Crippen MR) is 71.6 cm³/mol. The van der Waals surface area contributed by atoms with Gasteiger partial charge in [-0.05, 0) is 32.0 Å². The molecule has 0 aliphatic rings. The van der Waals surface area contributed by atoms with E-state index < -0.39 is 0 Å². The van der Waals surface area contributed by atoms with Crippen LogP contribution in [0, 0.1) is 5.92 Å². The van der Waals surface area contributed by atoms with Crippen LogP contribution in [0.25, 0.3) is 0 Å². The molecular formula is C15H25N. The van der Waals surface area contributed by atoms with Crippen LogP contribution in [0.4, 0.5) is 0 Å². The van der Waals surface area contributed by atoms with Crippen LogP contribution in [0.5, 0.6) is 0 Å². The highest BCUT2D eigenvalue weighted by Crippen LogP contribution is 2.32. The first kappa shape index (κ1) is 13.2. The van der Waals surface area contributed by atoms with Crippen LogP contribution < -0.4 is 0 Å². The first-order chi connectivity index (χ1) is 7.70. The van der Waals surface area contributed by atoms with Crippen LogP contribution in [0.1, 0.15) is 44.7 Å². The number of rotatable bonds is 6. The second kappa shape index (κ2) is 6.70. The average Bonchev–Trinajstić information content (AvgIpc) is 2.29. The van der Waals surface area contributed by atoms with Crippen LogP contribution >= 0.6 is 0 Å². The Kier molecular flexibility index (Phi) is 5.54. The summed E-state index contributed by atoms with van der Waals surface area (Å²) in [7, 11) is 4.38. The summed E-state index contributed by atoms with van der Waals surface area (Å²) in [4.78, 5) is 2.36. The minimum absolute atomic E-state index is 0.561. The van der Waals surface area contributed by atoms with E-state index in [2.05, 4.69) is 63.2 Å². The van der Waals surface area contributed by atoms with Crippen molar-refractivity contribution in [2.24, 2.45) is 5.92 Å². The second-order valence-corrected chi connectivity index (χ2v) is 4.78. The van der Waals surface area contributed by atoms with E-state index in [1.165, 1.54) is 24.8 Å². The molecule has 1 nitrogen and oxygen atoms in total. The third-order valence-corrected chi connectivity index (χ3v) is 3.33. The van der Waals surface area contributed by atoms with Gasteiger partial charge in [0.25, 0.3) is 0 Å². The van der Waals surface area contributed by atoms with Gasteiger partial charge in [-0.2, -0.15) is 0 Å². The maximum Gasteiger partial charge on any atom is 0.0370 e. The van der Waals surface area contributed by atoms with Gasteiger partial charge >= 0.3 is 0 Å². The van der Waals surface area contributed by atoms with E-state index in [1.807, 2.05) is 0 Å². The minimum atomic E-state index is 0.561. The fraction of sp³-hybridized carbons (Fsp3) is 0.600. The van der Waals surface area contributed by atoms with Gasteiger partial charge in [-0.1, -0.05) is 57.0 Å². The van der Waals surface area contributed by atoms with Gasteiger partial charge in [-0.25, -0.2) is 0 Å². The fourth-order valence-electron chi connectivity index (χ4n) is 2.60. The van der Waals surface area contributed by atoms with E-state index in [4.69, 9.17) is 0 Å². The van der Waals surface area contributed by atoms with Gasteiger partial charge in [0.2, 0.25) is 0 Å². The molecule has 0 saturated heterocycles. The Bertz CT molecular complexity index is 279. The summed E-state index contributed by atoms with van der Waals surface area (Å²) < 4.78 is 0. The molecule has 16 heavy (non-hydrogen) atoms. The largest absolute Gasteiger partial charge is 0.302 e. The van der Waals surface area contributed by atoms with Crippen molar-refractivity contribution in [3.8, 4) is 0 Å². The number of benzene rings is 1. The Balaban J connectivity index is 2.90. The zero-order chi connectivity index (χ0) is 12.0. The molecule has 0 aliphatic heterocycles. The summed E-state index contributed by atoms with van der Waals surface area (Å²) in [5.41, 5.74) is 1.45. The highest BCUT2D eigenvalue weighted by molar-refractivity contribution is 5.19. The zero-order valence-electron chi connectivity index (χ0n) is 11.1.